The highest BCUT2D eigenvalue weighted by Gasteiger charge is 2.33. The molecule has 0 aliphatic carbocycles. The quantitative estimate of drug-likeness (QED) is 0.523. The predicted molar refractivity (Wildman–Crippen MR) is 86.9 cm³/mol. The number of hydrogen-bond acceptors (Lipinski definition) is 6. The molecule has 0 saturated carbocycles. The minimum Gasteiger partial charge on any atom is -0.480 e. The maximum absolute atomic E-state index is 11.8. The molecule has 128 valence electrons. The van der Waals surface area contributed by atoms with E-state index in [4.69, 9.17) is 67.5 Å². The van der Waals surface area contributed by atoms with Crippen molar-refractivity contribution in [2.45, 2.75) is 16.6 Å². The zero-order valence-corrected chi connectivity index (χ0v) is 15.6. The Kier molecular flexibility index (Phi) is 7.48. The van der Waals surface area contributed by atoms with Crippen LogP contribution < -0.4 is 9.47 Å². The number of carbonyl (C=O) groups is 2. The van der Waals surface area contributed by atoms with Crippen LogP contribution >= 0.6 is 58.0 Å². The number of methoxy groups -OCH3 is 2. The second-order valence-electron chi connectivity index (χ2n) is 3.97. The molecule has 6 nitrogen and oxygen atoms in total. The van der Waals surface area contributed by atoms with E-state index in [2.05, 4.69) is 9.72 Å². The molecular formula is C12H10Cl5NO5. The van der Waals surface area contributed by atoms with Crippen LogP contribution in [0.15, 0.2) is 0 Å². The highest BCUT2D eigenvalue weighted by Crippen LogP contribution is 2.48. The third kappa shape index (κ3) is 5.43. The zero-order chi connectivity index (χ0) is 17.8. The van der Waals surface area contributed by atoms with E-state index in [9.17, 15) is 9.59 Å². The lowest BCUT2D eigenvalue weighted by Gasteiger charge is -2.17. The van der Waals surface area contributed by atoms with Gasteiger partial charge in [-0.2, -0.15) is 0 Å². The fraction of sp³-hybridized carbons (Fsp3) is 0.417. The minimum absolute atomic E-state index is 0.145. The zero-order valence-electron chi connectivity index (χ0n) is 11.8. The summed E-state index contributed by atoms with van der Waals surface area (Å²) >= 11 is 29.3. The third-order valence-corrected chi connectivity index (χ3v) is 3.67. The average Bonchev–Trinajstić information content (AvgIpc) is 2.47. The summed E-state index contributed by atoms with van der Waals surface area (Å²) < 4.78 is 12.4. The molecule has 0 aliphatic rings. The summed E-state index contributed by atoms with van der Waals surface area (Å²) in [5, 5.41) is -0.441. The van der Waals surface area contributed by atoms with E-state index in [0.29, 0.717) is 0 Å². The smallest absolute Gasteiger partial charge is 0.311 e. The van der Waals surface area contributed by atoms with Crippen molar-refractivity contribution in [1.82, 2.24) is 4.98 Å². The number of ether oxygens (including phenoxy) is 3. The number of halogens is 5. The van der Waals surface area contributed by atoms with Crippen molar-refractivity contribution in [2.75, 3.05) is 14.2 Å². The lowest BCUT2D eigenvalue weighted by atomic mass is 10.3. The molecule has 23 heavy (non-hydrogen) atoms. The molecule has 0 atom stereocenters. The first-order valence-electron chi connectivity index (χ1n) is 5.89. The van der Waals surface area contributed by atoms with Gasteiger partial charge in [0.2, 0.25) is 9.67 Å². The molecule has 0 amide bonds. The van der Waals surface area contributed by atoms with E-state index >= 15 is 0 Å². The Bertz CT molecular complexity index is 617. The Morgan fingerprint density at radius 1 is 1.04 bits per heavy atom. The van der Waals surface area contributed by atoms with Gasteiger partial charge in [-0.05, 0) is 0 Å². The summed E-state index contributed by atoms with van der Waals surface area (Å²) in [5.41, 5.74) is -0.221. The van der Waals surface area contributed by atoms with E-state index < -0.39 is 15.7 Å². The van der Waals surface area contributed by atoms with Crippen LogP contribution in [0.5, 0.6) is 11.6 Å². The molecule has 0 saturated heterocycles. The van der Waals surface area contributed by atoms with Crippen molar-refractivity contribution in [1.29, 1.82) is 0 Å². The Morgan fingerprint density at radius 2 is 1.61 bits per heavy atom. The monoisotopic (exact) mass is 423 g/mol. The molecule has 0 aromatic carbocycles. The highest BCUT2D eigenvalue weighted by atomic mass is 35.6. The van der Waals surface area contributed by atoms with Gasteiger partial charge in [0.05, 0.1) is 27.1 Å². The third-order valence-electron chi connectivity index (χ3n) is 2.45. The Hall–Kier alpha value is -0.660. The molecule has 1 heterocycles. The lowest BCUT2D eigenvalue weighted by molar-refractivity contribution is -0.144. The van der Waals surface area contributed by atoms with Crippen LogP contribution in [0.25, 0.3) is 0 Å². The summed E-state index contributed by atoms with van der Waals surface area (Å²) in [6, 6.07) is 0. The molecular weight excluding hydrogens is 415 g/mol. The molecule has 0 bridgehead atoms. The van der Waals surface area contributed by atoms with Crippen molar-refractivity contribution in [3.63, 3.8) is 0 Å². The van der Waals surface area contributed by atoms with Gasteiger partial charge in [0, 0.05) is 0 Å². The largest absolute Gasteiger partial charge is 0.480 e. The molecule has 0 aliphatic heterocycles. The molecule has 1 aromatic rings. The first-order chi connectivity index (χ1) is 10.6. The van der Waals surface area contributed by atoms with Crippen molar-refractivity contribution < 1.29 is 23.8 Å². The van der Waals surface area contributed by atoms with Crippen LogP contribution in [-0.2, 0) is 18.1 Å². The number of nitrogens with zero attached hydrogens (tertiary/aromatic N) is 1. The SMILES string of the molecule is COC(=O)CCC(=O)Oc1c(Cl)c(OC)nc(C(Cl)(Cl)Cl)c1Cl. The molecule has 0 N–H and O–H groups in total. The second-order valence-corrected chi connectivity index (χ2v) is 7.01. The molecule has 1 rings (SSSR count). The number of carbonyl (C=O) groups excluding carboxylic acids is 2. The standard InChI is InChI=1S/C12H10Cl5NO5/c1-21-5(19)3-4-6(20)23-9-7(13)10(12(15,16)17)18-11(22-2)8(9)14/h3-4H2,1-2H3. The summed E-state index contributed by atoms with van der Waals surface area (Å²) in [4.78, 5) is 26.7. The number of pyridine rings is 1. The maximum atomic E-state index is 11.8. The summed E-state index contributed by atoms with van der Waals surface area (Å²) in [7, 11) is 2.47. The number of alkyl halides is 3. The van der Waals surface area contributed by atoms with Gasteiger partial charge in [0.1, 0.15) is 15.7 Å². The highest BCUT2D eigenvalue weighted by molar-refractivity contribution is 6.67. The predicted octanol–water partition coefficient (Wildman–Crippen LogP) is 4.08. The van der Waals surface area contributed by atoms with Gasteiger partial charge in [-0.3, -0.25) is 9.59 Å². The minimum atomic E-state index is -2.00. The first kappa shape index (κ1) is 20.4. The molecule has 0 spiro atoms. The topological polar surface area (TPSA) is 74.7 Å². The first-order valence-corrected chi connectivity index (χ1v) is 7.78. The van der Waals surface area contributed by atoms with Gasteiger partial charge < -0.3 is 14.2 Å². The van der Waals surface area contributed by atoms with Crippen molar-refractivity contribution in [2.24, 2.45) is 0 Å². The van der Waals surface area contributed by atoms with Gasteiger partial charge in [0.15, 0.2) is 5.75 Å². The summed E-state index contributed by atoms with van der Waals surface area (Å²) in [6.07, 6.45) is -0.433. The van der Waals surface area contributed by atoms with Crippen LogP contribution in [0.2, 0.25) is 10.0 Å². The van der Waals surface area contributed by atoms with Crippen LogP contribution in [0, 0.1) is 0 Å². The normalized spacial score (nSPS) is 11.1. The van der Waals surface area contributed by atoms with E-state index in [1.54, 1.807) is 0 Å². The second kappa shape index (κ2) is 8.44. The van der Waals surface area contributed by atoms with Gasteiger partial charge in [-0.25, -0.2) is 4.98 Å². The van der Waals surface area contributed by atoms with Gasteiger partial charge >= 0.3 is 11.9 Å². The molecule has 0 radical (unpaired) electrons. The van der Waals surface area contributed by atoms with Gasteiger partial charge in [0.25, 0.3) is 0 Å². The average molecular weight is 425 g/mol. The summed E-state index contributed by atoms with van der Waals surface area (Å²) in [5.74, 6) is -1.79. The van der Waals surface area contributed by atoms with Crippen LogP contribution in [-0.4, -0.2) is 31.1 Å². The lowest BCUT2D eigenvalue weighted by Crippen LogP contribution is -2.14. The van der Waals surface area contributed by atoms with Crippen LogP contribution in [0.3, 0.4) is 0 Å². The van der Waals surface area contributed by atoms with E-state index in [1.165, 1.54) is 14.2 Å². The molecule has 0 fully saturated rings. The Labute approximate surface area is 156 Å². The Morgan fingerprint density at radius 3 is 2.09 bits per heavy atom. The van der Waals surface area contributed by atoms with Gasteiger partial charge in [-0.15, -0.1) is 0 Å². The van der Waals surface area contributed by atoms with Crippen LogP contribution in [0.4, 0.5) is 0 Å². The van der Waals surface area contributed by atoms with Crippen molar-refractivity contribution >= 4 is 69.9 Å². The molecule has 0 unspecified atom stereocenters. The number of aromatic nitrogens is 1. The fourth-order valence-electron chi connectivity index (χ4n) is 1.38. The molecule has 1 aromatic heterocycles. The van der Waals surface area contributed by atoms with E-state index in [1.807, 2.05) is 0 Å². The fourth-order valence-corrected chi connectivity index (χ4v) is 2.56. The maximum Gasteiger partial charge on any atom is 0.311 e. The van der Waals surface area contributed by atoms with Crippen molar-refractivity contribution in [3.05, 3.63) is 15.7 Å². The number of esters is 2. The van der Waals surface area contributed by atoms with Crippen LogP contribution in [0.1, 0.15) is 18.5 Å². The molecule has 11 heteroatoms. The summed E-state index contributed by atoms with van der Waals surface area (Å²) in [6.45, 7) is 0. The van der Waals surface area contributed by atoms with Gasteiger partial charge in [-0.1, -0.05) is 58.0 Å². The van der Waals surface area contributed by atoms with Crippen molar-refractivity contribution in [3.8, 4) is 11.6 Å². The Balaban J connectivity index is 3.14. The number of hydrogen-bond donors (Lipinski definition) is 0. The van der Waals surface area contributed by atoms with E-state index in [-0.39, 0.29) is 40.2 Å². The van der Waals surface area contributed by atoms with E-state index in [0.717, 1.165) is 0 Å². The number of rotatable bonds is 5.